The van der Waals surface area contributed by atoms with Crippen LogP contribution in [0, 0.1) is 12.8 Å². The summed E-state index contributed by atoms with van der Waals surface area (Å²) in [5, 5.41) is 1.00. The number of anilines is 1. The summed E-state index contributed by atoms with van der Waals surface area (Å²) < 4.78 is 11.0. The first-order valence-corrected chi connectivity index (χ1v) is 12.3. The minimum absolute atomic E-state index is 0.00177. The van der Waals surface area contributed by atoms with Crippen molar-refractivity contribution in [3.63, 3.8) is 0 Å². The fourth-order valence-corrected chi connectivity index (χ4v) is 5.76. The van der Waals surface area contributed by atoms with E-state index in [1.165, 1.54) is 17.8 Å². The second-order valence-electron chi connectivity index (χ2n) is 8.23. The number of thiophene rings is 1. The van der Waals surface area contributed by atoms with E-state index in [1.807, 2.05) is 13.8 Å². The molecule has 1 saturated heterocycles. The van der Waals surface area contributed by atoms with Gasteiger partial charge in [0.2, 0.25) is 5.28 Å². The zero-order valence-corrected chi connectivity index (χ0v) is 19.6. The molecule has 1 saturated carbocycles. The average Bonchev–Trinajstić information content (AvgIpc) is 3.10. The van der Waals surface area contributed by atoms with Crippen LogP contribution >= 0.6 is 22.9 Å². The maximum Gasteiger partial charge on any atom is 0.348 e. The fraction of sp³-hybridized carbons (Fsp3) is 0.636. The monoisotopic (exact) mass is 465 g/mol. The quantitative estimate of drug-likeness (QED) is 0.457. The first-order chi connectivity index (χ1) is 15.0. The predicted molar refractivity (Wildman–Crippen MR) is 121 cm³/mol. The van der Waals surface area contributed by atoms with Gasteiger partial charge in [0.25, 0.3) is 0 Å². The molecular formula is C22H28ClN3O4S. The number of carbonyl (C=O) groups excluding carboxylic acids is 2. The lowest BCUT2D eigenvalue weighted by atomic mass is 9.97. The van der Waals surface area contributed by atoms with Gasteiger partial charge in [-0.15, -0.1) is 11.3 Å². The van der Waals surface area contributed by atoms with E-state index in [9.17, 15) is 9.59 Å². The van der Waals surface area contributed by atoms with E-state index in [0.29, 0.717) is 42.2 Å². The molecule has 2 aliphatic rings. The van der Waals surface area contributed by atoms with Crippen molar-refractivity contribution in [1.29, 1.82) is 0 Å². The SMILES string of the molecule is CCOC(=O)C1CCN(c2nc(Cl)nc3sc(C(=O)OC4CCCCC4)c(C)c23)CC1. The molecule has 2 aromatic rings. The van der Waals surface area contributed by atoms with Gasteiger partial charge in [0.15, 0.2) is 0 Å². The van der Waals surface area contributed by atoms with Crippen molar-refractivity contribution >= 4 is 50.9 Å². The summed E-state index contributed by atoms with van der Waals surface area (Å²) in [5.41, 5.74) is 0.833. The summed E-state index contributed by atoms with van der Waals surface area (Å²) in [7, 11) is 0. The smallest absolute Gasteiger partial charge is 0.348 e. The first-order valence-electron chi connectivity index (χ1n) is 11.1. The number of carbonyl (C=O) groups is 2. The Balaban J connectivity index is 1.57. The van der Waals surface area contributed by atoms with Gasteiger partial charge in [-0.2, -0.15) is 4.98 Å². The predicted octanol–water partition coefficient (Wildman–Crippen LogP) is 4.92. The number of esters is 2. The molecule has 168 valence electrons. The van der Waals surface area contributed by atoms with Crippen LogP contribution in [-0.2, 0) is 14.3 Å². The van der Waals surface area contributed by atoms with Gasteiger partial charge in [0.05, 0.1) is 17.9 Å². The van der Waals surface area contributed by atoms with Gasteiger partial charge < -0.3 is 14.4 Å². The summed E-state index contributed by atoms with van der Waals surface area (Å²) in [5.74, 6) is 0.222. The second kappa shape index (κ2) is 9.69. The van der Waals surface area contributed by atoms with Crippen molar-refractivity contribution in [3.8, 4) is 0 Å². The van der Waals surface area contributed by atoms with E-state index in [4.69, 9.17) is 21.1 Å². The summed E-state index contributed by atoms with van der Waals surface area (Å²) in [6.45, 7) is 5.48. The van der Waals surface area contributed by atoms with Crippen LogP contribution in [0.15, 0.2) is 0 Å². The molecule has 31 heavy (non-hydrogen) atoms. The molecule has 3 heterocycles. The molecule has 0 aromatic carbocycles. The molecule has 9 heteroatoms. The van der Waals surface area contributed by atoms with Crippen molar-refractivity contribution in [2.24, 2.45) is 5.92 Å². The normalized spacial score (nSPS) is 18.4. The molecule has 0 N–H and O–H groups in total. The first kappa shape index (κ1) is 22.3. The van der Waals surface area contributed by atoms with Crippen LogP contribution in [0.3, 0.4) is 0 Å². The Morgan fingerprint density at radius 2 is 1.84 bits per heavy atom. The van der Waals surface area contributed by atoms with Crippen LogP contribution in [-0.4, -0.2) is 47.7 Å². The molecule has 1 aliphatic heterocycles. The summed E-state index contributed by atoms with van der Waals surface area (Å²) in [6.07, 6.45) is 6.68. The maximum absolute atomic E-state index is 12.9. The van der Waals surface area contributed by atoms with Crippen molar-refractivity contribution < 1.29 is 19.1 Å². The number of rotatable bonds is 5. The van der Waals surface area contributed by atoms with Crippen molar-refractivity contribution in [1.82, 2.24) is 9.97 Å². The van der Waals surface area contributed by atoms with Gasteiger partial charge in [-0.25, -0.2) is 9.78 Å². The lowest BCUT2D eigenvalue weighted by Gasteiger charge is -2.32. The fourth-order valence-electron chi connectivity index (χ4n) is 4.49. The lowest BCUT2D eigenvalue weighted by Crippen LogP contribution is -2.37. The van der Waals surface area contributed by atoms with Crippen molar-refractivity contribution in [2.45, 2.75) is 64.9 Å². The van der Waals surface area contributed by atoms with Crippen molar-refractivity contribution in [3.05, 3.63) is 15.7 Å². The minimum atomic E-state index is -0.282. The number of hydrogen-bond donors (Lipinski definition) is 0. The van der Waals surface area contributed by atoms with Crippen LogP contribution in [0.5, 0.6) is 0 Å². The van der Waals surface area contributed by atoms with Gasteiger partial charge >= 0.3 is 11.9 Å². The zero-order valence-electron chi connectivity index (χ0n) is 18.0. The number of ether oxygens (including phenoxy) is 2. The molecule has 7 nitrogen and oxygen atoms in total. The summed E-state index contributed by atoms with van der Waals surface area (Å²) in [6, 6.07) is 0. The van der Waals surface area contributed by atoms with Gasteiger partial charge in [0.1, 0.15) is 21.6 Å². The third-order valence-corrected chi connectivity index (χ3v) is 7.50. The van der Waals surface area contributed by atoms with E-state index < -0.39 is 0 Å². The van der Waals surface area contributed by atoms with Crippen LogP contribution in [0.4, 0.5) is 5.82 Å². The lowest BCUT2D eigenvalue weighted by molar-refractivity contribution is -0.148. The Labute approximate surface area is 191 Å². The second-order valence-corrected chi connectivity index (χ2v) is 9.57. The van der Waals surface area contributed by atoms with E-state index >= 15 is 0 Å². The van der Waals surface area contributed by atoms with Crippen LogP contribution in [0.2, 0.25) is 5.28 Å². The highest BCUT2D eigenvalue weighted by Crippen LogP contribution is 2.38. The molecule has 0 radical (unpaired) electrons. The Hall–Kier alpha value is -1.93. The van der Waals surface area contributed by atoms with Crippen LogP contribution in [0.25, 0.3) is 10.2 Å². The Morgan fingerprint density at radius 1 is 1.13 bits per heavy atom. The number of hydrogen-bond acceptors (Lipinski definition) is 8. The number of aromatic nitrogens is 2. The highest BCUT2D eigenvalue weighted by Gasteiger charge is 2.30. The van der Waals surface area contributed by atoms with Gasteiger partial charge in [0, 0.05) is 13.1 Å². The number of fused-ring (bicyclic) bond motifs is 1. The standard InChI is InChI=1S/C22H28ClN3O4S/c1-3-29-20(27)14-9-11-26(12-10-14)18-16-13(2)17(31-19(16)25-22(23)24-18)21(28)30-15-7-5-4-6-8-15/h14-15H,3-12H2,1-2H3. The average molecular weight is 466 g/mol. The molecule has 2 aromatic heterocycles. The van der Waals surface area contributed by atoms with E-state index in [1.54, 1.807) is 0 Å². The molecule has 0 amide bonds. The van der Waals surface area contributed by atoms with Gasteiger partial charge in [-0.3, -0.25) is 4.79 Å². The summed E-state index contributed by atoms with van der Waals surface area (Å²) >= 11 is 7.54. The summed E-state index contributed by atoms with van der Waals surface area (Å²) in [4.78, 5) is 37.2. The Kier molecular flexibility index (Phi) is 6.96. The van der Waals surface area contributed by atoms with Gasteiger partial charge in [-0.05, 0) is 69.5 Å². The highest BCUT2D eigenvalue weighted by molar-refractivity contribution is 7.20. The van der Waals surface area contributed by atoms with Crippen LogP contribution < -0.4 is 4.90 Å². The molecule has 2 fully saturated rings. The van der Waals surface area contributed by atoms with E-state index in [2.05, 4.69) is 14.9 Å². The topological polar surface area (TPSA) is 81.6 Å². The molecule has 0 spiro atoms. The minimum Gasteiger partial charge on any atom is -0.466 e. The van der Waals surface area contributed by atoms with E-state index in [-0.39, 0.29) is 29.2 Å². The molecule has 1 aliphatic carbocycles. The maximum atomic E-state index is 12.9. The molecule has 0 bridgehead atoms. The molecule has 0 atom stereocenters. The van der Waals surface area contributed by atoms with E-state index in [0.717, 1.165) is 42.5 Å². The number of halogens is 1. The van der Waals surface area contributed by atoms with Crippen molar-refractivity contribution in [2.75, 3.05) is 24.6 Å². The number of nitrogens with zero attached hydrogens (tertiary/aromatic N) is 3. The van der Waals surface area contributed by atoms with Gasteiger partial charge in [-0.1, -0.05) is 6.42 Å². The number of aryl methyl sites for hydroxylation is 1. The highest BCUT2D eigenvalue weighted by atomic mass is 35.5. The third-order valence-electron chi connectivity index (χ3n) is 6.17. The molecule has 0 unspecified atom stereocenters. The molecular weight excluding hydrogens is 438 g/mol. The largest absolute Gasteiger partial charge is 0.466 e. The van der Waals surface area contributed by atoms with Crippen LogP contribution in [0.1, 0.15) is 67.1 Å². The Bertz CT molecular complexity index is 965. The molecule has 4 rings (SSSR count). The zero-order chi connectivity index (χ0) is 22.0. The third kappa shape index (κ3) is 4.80. The number of piperidine rings is 1. The Morgan fingerprint density at radius 3 is 2.52 bits per heavy atom.